The molecule has 0 radical (unpaired) electrons. The third kappa shape index (κ3) is 3.34. The molecule has 0 saturated carbocycles. The summed E-state index contributed by atoms with van der Waals surface area (Å²) in [5.41, 5.74) is 0.0152. The van der Waals surface area contributed by atoms with Crippen LogP contribution in [-0.2, 0) is 17.9 Å². The highest BCUT2D eigenvalue weighted by molar-refractivity contribution is 5.91. The third-order valence-electron chi connectivity index (χ3n) is 2.05. The Labute approximate surface area is 106 Å². The van der Waals surface area contributed by atoms with Crippen molar-refractivity contribution in [3.8, 4) is 0 Å². The predicted molar refractivity (Wildman–Crippen MR) is 57.9 cm³/mol. The molecule has 0 fully saturated rings. The van der Waals surface area contributed by atoms with Crippen molar-refractivity contribution in [3.05, 3.63) is 23.6 Å². The van der Waals surface area contributed by atoms with Crippen molar-refractivity contribution in [1.82, 2.24) is 30.5 Å². The number of rotatable bonds is 5. The van der Waals surface area contributed by atoms with E-state index < -0.39 is 11.9 Å². The average molecular weight is 266 g/mol. The number of carboxylic acid groups (broad SMARTS) is 1. The van der Waals surface area contributed by atoms with E-state index in [1.54, 1.807) is 6.92 Å². The van der Waals surface area contributed by atoms with Crippen LogP contribution in [0.2, 0.25) is 0 Å². The summed E-state index contributed by atoms with van der Waals surface area (Å²) in [6, 6.07) is 0. The van der Waals surface area contributed by atoms with Crippen LogP contribution in [0.5, 0.6) is 0 Å². The number of aliphatic carboxylic acids is 1. The fourth-order valence-electron chi connectivity index (χ4n) is 1.28. The molecule has 2 rings (SSSR count). The van der Waals surface area contributed by atoms with Crippen LogP contribution in [-0.4, -0.2) is 42.1 Å². The first-order chi connectivity index (χ1) is 9.04. The molecule has 19 heavy (non-hydrogen) atoms. The second kappa shape index (κ2) is 5.25. The lowest BCUT2D eigenvalue weighted by atomic mass is 10.4. The van der Waals surface area contributed by atoms with Crippen molar-refractivity contribution < 1.29 is 19.2 Å². The minimum atomic E-state index is -1.07. The molecule has 2 heterocycles. The van der Waals surface area contributed by atoms with Gasteiger partial charge in [-0.2, -0.15) is 4.98 Å². The van der Waals surface area contributed by atoms with Gasteiger partial charge in [-0.25, -0.2) is 4.68 Å². The maximum Gasteiger partial charge on any atom is 0.325 e. The highest BCUT2D eigenvalue weighted by Crippen LogP contribution is 1.97. The van der Waals surface area contributed by atoms with E-state index in [4.69, 9.17) is 9.63 Å². The molecule has 10 heteroatoms. The molecule has 2 aromatic rings. The first-order valence-electron chi connectivity index (χ1n) is 5.24. The Hall–Kier alpha value is -2.78. The van der Waals surface area contributed by atoms with E-state index in [0.717, 1.165) is 4.68 Å². The van der Waals surface area contributed by atoms with Gasteiger partial charge in [-0.3, -0.25) is 9.59 Å². The zero-order chi connectivity index (χ0) is 13.8. The number of hydrogen-bond acceptors (Lipinski definition) is 7. The van der Waals surface area contributed by atoms with Gasteiger partial charge in [0.05, 0.1) is 12.7 Å². The first kappa shape index (κ1) is 12.7. The normalized spacial score (nSPS) is 10.4. The van der Waals surface area contributed by atoms with Gasteiger partial charge < -0.3 is 14.9 Å². The van der Waals surface area contributed by atoms with Gasteiger partial charge in [0.15, 0.2) is 11.5 Å². The van der Waals surface area contributed by atoms with Crippen molar-refractivity contribution >= 4 is 11.9 Å². The second-order valence-electron chi connectivity index (χ2n) is 3.61. The summed E-state index contributed by atoms with van der Waals surface area (Å²) >= 11 is 0. The summed E-state index contributed by atoms with van der Waals surface area (Å²) in [5, 5.41) is 21.7. The maximum absolute atomic E-state index is 11.7. The van der Waals surface area contributed by atoms with Crippen molar-refractivity contribution in [2.45, 2.75) is 20.0 Å². The van der Waals surface area contributed by atoms with Crippen LogP contribution < -0.4 is 5.32 Å². The minimum absolute atomic E-state index is 0.0152. The number of amides is 1. The van der Waals surface area contributed by atoms with Gasteiger partial charge in [0.25, 0.3) is 5.91 Å². The van der Waals surface area contributed by atoms with Gasteiger partial charge in [-0.05, 0) is 0 Å². The van der Waals surface area contributed by atoms with Crippen LogP contribution in [0.1, 0.15) is 22.2 Å². The van der Waals surface area contributed by atoms with Crippen LogP contribution in [0.15, 0.2) is 10.7 Å². The van der Waals surface area contributed by atoms with E-state index >= 15 is 0 Å². The lowest BCUT2D eigenvalue weighted by Crippen LogP contribution is -2.23. The summed E-state index contributed by atoms with van der Waals surface area (Å²) in [6.07, 6.45) is 1.24. The molecule has 10 nitrogen and oxygen atoms in total. The number of aryl methyl sites for hydroxylation is 1. The lowest BCUT2D eigenvalue weighted by Gasteiger charge is -1.97. The predicted octanol–water partition coefficient (Wildman–Crippen LogP) is -1.02. The van der Waals surface area contributed by atoms with E-state index in [2.05, 4.69) is 25.8 Å². The largest absolute Gasteiger partial charge is 0.480 e. The molecule has 0 bridgehead atoms. The van der Waals surface area contributed by atoms with E-state index in [1.807, 2.05) is 0 Å². The van der Waals surface area contributed by atoms with Crippen LogP contribution >= 0.6 is 0 Å². The van der Waals surface area contributed by atoms with Crippen molar-refractivity contribution in [1.29, 1.82) is 0 Å². The topological polar surface area (TPSA) is 136 Å². The lowest BCUT2D eigenvalue weighted by molar-refractivity contribution is -0.137. The van der Waals surface area contributed by atoms with Crippen molar-refractivity contribution in [2.24, 2.45) is 0 Å². The molecule has 100 valence electrons. The van der Waals surface area contributed by atoms with Gasteiger partial charge >= 0.3 is 5.97 Å². The third-order valence-corrected chi connectivity index (χ3v) is 2.05. The Morgan fingerprint density at radius 3 is 2.95 bits per heavy atom. The smallest absolute Gasteiger partial charge is 0.325 e. The molecule has 0 aromatic carbocycles. The minimum Gasteiger partial charge on any atom is -0.480 e. The zero-order valence-electron chi connectivity index (χ0n) is 9.90. The molecule has 2 aromatic heterocycles. The molecule has 0 aliphatic carbocycles. The Bertz CT molecular complexity index is 603. The van der Waals surface area contributed by atoms with Crippen LogP contribution in [0, 0.1) is 6.92 Å². The maximum atomic E-state index is 11.7. The monoisotopic (exact) mass is 266 g/mol. The van der Waals surface area contributed by atoms with Crippen LogP contribution in [0.3, 0.4) is 0 Å². The Morgan fingerprint density at radius 2 is 2.32 bits per heavy atom. The van der Waals surface area contributed by atoms with Gasteiger partial charge in [0, 0.05) is 6.92 Å². The Morgan fingerprint density at radius 1 is 1.53 bits per heavy atom. The molecule has 0 aliphatic heterocycles. The van der Waals surface area contributed by atoms with Crippen molar-refractivity contribution in [3.63, 3.8) is 0 Å². The second-order valence-corrected chi connectivity index (χ2v) is 3.61. The number of hydrogen-bond donors (Lipinski definition) is 2. The highest BCUT2D eigenvalue weighted by Gasteiger charge is 2.12. The van der Waals surface area contributed by atoms with E-state index in [9.17, 15) is 9.59 Å². The molecule has 1 amide bonds. The molecule has 2 N–H and O–H groups in total. The quantitative estimate of drug-likeness (QED) is 0.702. The molecule has 0 unspecified atom stereocenters. The fraction of sp³-hybridized carbons (Fsp3) is 0.333. The summed E-state index contributed by atoms with van der Waals surface area (Å²) in [7, 11) is 0. The molecular formula is C9H10N6O4. The Balaban J connectivity index is 1.92. The summed E-state index contributed by atoms with van der Waals surface area (Å²) in [4.78, 5) is 26.0. The fourth-order valence-corrected chi connectivity index (χ4v) is 1.28. The van der Waals surface area contributed by atoms with Crippen LogP contribution in [0.25, 0.3) is 0 Å². The number of carbonyl (C=O) groups is 2. The first-order valence-corrected chi connectivity index (χ1v) is 5.24. The zero-order valence-corrected chi connectivity index (χ0v) is 9.90. The van der Waals surface area contributed by atoms with Gasteiger partial charge in [0.2, 0.25) is 5.89 Å². The van der Waals surface area contributed by atoms with E-state index in [0.29, 0.717) is 11.7 Å². The SMILES string of the molecule is Cc1nc(CNC(=O)c2cn(CC(=O)O)nn2)no1. The molecule has 0 saturated heterocycles. The van der Waals surface area contributed by atoms with E-state index in [-0.39, 0.29) is 18.8 Å². The van der Waals surface area contributed by atoms with Gasteiger partial charge in [0.1, 0.15) is 6.54 Å². The van der Waals surface area contributed by atoms with Gasteiger partial charge in [-0.1, -0.05) is 10.4 Å². The number of carbonyl (C=O) groups excluding carboxylic acids is 1. The summed E-state index contributed by atoms with van der Waals surface area (Å²) in [5.74, 6) is -0.835. The highest BCUT2D eigenvalue weighted by atomic mass is 16.5. The Kier molecular flexibility index (Phi) is 3.50. The number of nitrogens with zero attached hydrogens (tertiary/aromatic N) is 5. The summed E-state index contributed by atoms with van der Waals surface area (Å²) < 4.78 is 5.79. The molecular weight excluding hydrogens is 256 g/mol. The average Bonchev–Trinajstić information content (AvgIpc) is 2.95. The summed E-state index contributed by atoms with van der Waals surface area (Å²) in [6.45, 7) is 1.36. The van der Waals surface area contributed by atoms with Gasteiger partial charge in [-0.15, -0.1) is 5.10 Å². The van der Waals surface area contributed by atoms with Crippen molar-refractivity contribution in [2.75, 3.05) is 0 Å². The number of nitrogens with one attached hydrogen (secondary N) is 1. The van der Waals surface area contributed by atoms with Crippen LogP contribution in [0.4, 0.5) is 0 Å². The number of carboxylic acids is 1. The molecule has 0 atom stereocenters. The molecule has 0 spiro atoms. The number of aromatic nitrogens is 5. The van der Waals surface area contributed by atoms with E-state index in [1.165, 1.54) is 6.20 Å². The standard InChI is InChI=1S/C9H10N6O4/c1-5-11-7(13-19-5)2-10-9(18)6-3-15(14-12-6)4-8(16)17/h3H,2,4H2,1H3,(H,10,18)(H,16,17). The molecule has 0 aliphatic rings.